The van der Waals surface area contributed by atoms with Gasteiger partial charge in [0.2, 0.25) is 0 Å². The summed E-state index contributed by atoms with van der Waals surface area (Å²) in [6.07, 6.45) is 1.91. The van der Waals surface area contributed by atoms with Crippen molar-refractivity contribution in [1.82, 2.24) is 4.98 Å². The zero-order chi connectivity index (χ0) is 22.2. The molecular formula is C26H26N4O. The number of ether oxygens (including phenoxy) is 1. The molecule has 0 unspecified atom stereocenters. The van der Waals surface area contributed by atoms with Crippen molar-refractivity contribution in [2.75, 3.05) is 5.32 Å². The van der Waals surface area contributed by atoms with Crippen molar-refractivity contribution < 1.29 is 4.74 Å². The quantitative estimate of drug-likeness (QED) is 0.524. The van der Waals surface area contributed by atoms with Crippen LogP contribution in [0.3, 0.4) is 0 Å². The zero-order valence-corrected chi connectivity index (χ0v) is 18.2. The molecule has 1 N–H and O–H groups in total. The van der Waals surface area contributed by atoms with Crippen molar-refractivity contribution in [3.05, 3.63) is 87.7 Å². The Hall–Kier alpha value is -3.83. The first-order chi connectivity index (χ1) is 15.0. The fourth-order valence-electron chi connectivity index (χ4n) is 3.58. The van der Waals surface area contributed by atoms with Gasteiger partial charge in [-0.25, -0.2) is 0 Å². The van der Waals surface area contributed by atoms with E-state index in [-0.39, 0.29) is 0 Å². The minimum atomic E-state index is 0.383. The lowest BCUT2D eigenvalue weighted by atomic mass is 10.0. The van der Waals surface area contributed by atoms with Gasteiger partial charge in [-0.15, -0.1) is 0 Å². The number of benzene rings is 2. The summed E-state index contributed by atoms with van der Waals surface area (Å²) in [5.41, 5.74) is 7.34. The molecule has 0 bridgehead atoms. The Morgan fingerprint density at radius 1 is 1.00 bits per heavy atom. The highest BCUT2D eigenvalue weighted by Gasteiger charge is 2.16. The van der Waals surface area contributed by atoms with Crippen LogP contribution in [0.4, 0.5) is 5.69 Å². The van der Waals surface area contributed by atoms with Crippen LogP contribution < -0.4 is 10.1 Å². The van der Waals surface area contributed by atoms with Crippen LogP contribution in [0.1, 0.15) is 52.5 Å². The van der Waals surface area contributed by atoms with Gasteiger partial charge in [0.15, 0.2) is 0 Å². The Labute approximate surface area is 183 Å². The molecule has 0 aliphatic heterocycles. The average molecular weight is 411 g/mol. The average Bonchev–Trinajstić information content (AvgIpc) is 2.79. The molecule has 0 radical (unpaired) electrons. The maximum atomic E-state index is 9.11. The monoisotopic (exact) mass is 410 g/mol. The number of hydrogen-bond donors (Lipinski definition) is 1. The molecule has 1 heterocycles. The zero-order valence-electron chi connectivity index (χ0n) is 18.2. The van der Waals surface area contributed by atoms with E-state index in [0.29, 0.717) is 24.3 Å². The molecule has 1 aromatic heterocycles. The van der Waals surface area contributed by atoms with E-state index in [9.17, 15) is 0 Å². The van der Waals surface area contributed by atoms with Gasteiger partial charge >= 0.3 is 0 Å². The molecule has 0 spiro atoms. The predicted molar refractivity (Wildman–Crippen MR) is 122 cm³/mol. The Kier molecular flexibility index (Phi) is 7.25. The van der Waals surface area contributed by atoms with Crippen molar-refractivity contribution in [3.63, 3.8) is 0 Å². The van der Waals surface area contributed by atoms with Crippen LogP contribution in [0.15, 0.2) is 48.5 Å². The smallest absolute Gasteiger partial charge is 0.144 e. The molecule has 0 fully saturated rings. The number of nitrogens with zero attached hydrogens (tertiary/aromatic N) is 3. The van der Waals surface area contributed by atoms with E-state index in [1.807, 2.05) is 37.3 Å². The highest BCUT2D eigenvalue weighted by atomic mass is 16.5. The summed E-state index contributed by atoms with van der Waals surface area (Å²) in [4.78, 5) is 4.85. The molecule has 5 heteroatoms. The SMILES string of the molecule is CCCc1nc(C)c(OCc2cccc(C#N)c2)c(C)c1CNc1ccc(C#N)cc1. The van der Waals surface area contributed by atoms with Crippen LogP contribution >= 0.6 is 0 Å². The molecule has 0 saturated heterocycles. The van der Waals surface area contributed by atoms with E-state index < -0.39 is 0 Å². The molecular weight excluding hydrogens is 384 g/mol. The third-order valence-electron chi connectivity index (χ3n) is 5.18. The Morgan fingerprint density at radius 2 is 1.74 bits per heavy atom. The maximum Gasteiger partial charge on any atom is 0.144 e. The minimum absolute atomic E-state index is 0.383. The van der Waals surface area contributed by atoms with Gasteiger partial charge in [0.05, 0.1) is 29.0 Å². The van der Waals surface area contributed by atoms with Crippen molar-refractivity contribution in [3.8, 4) is 17.9 Å². The fourth-order valence-corrected chi connectivity index (χ4v) is 3.58. The lowest BCUT2D eigenvalue weighted by molar-refractivity contribution is 0.299. The van der Waals surface area contributed by atoms with Gasteiger partial charge in [-0.05, 0) is 73.4 Å². The Bertz CT molecular complexity index is 1140. The van der Waals surface area contributed by atoms with Gasteiger partial charge in [0, 0.05) is 17.9 Å². The second kappa shape index (κ2) is 10.3. The van der Waals surface area contributed by atoms with E-state index in [1.54, 1.807) is 18.2 Å². The highest BCUT2D eigenvalue weighted by molar-refractivity contribution is 5.50. The summed E-state index contributed by atoms with van der Waals surface area (Å²) in [6, 6.07) is 19.2. The molecule has 3 aromatic rings. The lowest BCUT2D eigenvalue weighted by Gasteiger charge is -2.19. The van der Waals surface area contributed by atoms with E-state index in [1.165, 1.54) is 0 Å². The Morgan fingerprint density at radius 3 is 2.42 bits per heavy atom. The third-order valence-corrected chi connectivity index (χ3v) is 5.18. The van der Waals surface area contributed by atoms with Gasteiger partial charge in [-0.1, -0.05) is 25.5 Å². The summed E-state index contributed by atoms with van der Waals surface area (Å²) in [5.74, 6) is 0.791. The van der Waals surface area contributed by atoms with E-state index in [2.05, 4.69) is 31.3 Å². The molecule has 156 valence electrons. The van der Waals surface area contributed by atoms with Crippen LogP contribution in [-0.2, 0) is 19.6 Å². The first kappa shape index (κ1) is 21.9. The normalized spacial score (nSPS) is 10.2. The van der Waals surface area contributed by atoms with E-state index in [0.717, 1.165) is 52.4 Å². The number of aromatic nitrogens is 1. The Balaban J connectivity index is 1.84. The van der Waals surface area contributed by atoms with E-state index >= 15 is 0 Å². The standard InChI is InChI=1S/C26H26N4O/c1-4-6-25-24(16-29-23-11-9-20(14-27)10-12-23)18(2)26(19(3)30-25)31-17-22-8-5-7-21(13-22)15-28/h5,7-13,29H,4,6,16-17H2,1-3H3. The van der Waals surface area contributed by atoms with Gasteiger partial charge in [-0.3, -0.25) is 4.98 Å². The number of pyridine rings is 1. The fraction of sp³-hybridized carbons (Fsp3) is 0.269. The molecule has 0 saturated carbocycles. The van der Waals surface area contributed by atoms with E-state index in [4.69, 9.17) is 20.2 Å². The largest absolute Gasteiger partial charge is 0.487 e. The number of nitriles is 2. The number of aryl methyl sites for hydroxylation is 2. The van der Waals surface area contributed by atoms with Crippen molar-refractivity contribution in [2.24, 2.45) is 0 Å². The first-order valence-electron chi connectivity index (χ1n) is 10.4. The summed E-state index contributed by atoms with van der Waals surface area (Å²) >= 11 is 0. The molecule has 5 nitrogen and oxygen atoms in total. The number of nitrogens with one attached hydrogen (secondary N) is 1. The van der Waals surface area contributed by atoms with Crippen molar-refractivity contribution in [1.29, 1.82) is 10.5 Å². The summed E-state index contributed by atoms with van der Waals surface area (Å²) in [5, 5.41) is 21.5. The first-order valence-corrected chi connectivity index (χ1v) is 10.4. The van der Waals surface area contributed by atoms with Crippen LogP contribution in [0.2, 0.25) is 0 Å². The summed E-state index contributed by atoms with van der Waals surface area (Å²) < 4.78 is 6.17. The van der Waals surface area contributed by atoms with Crippen molar-refractivity contribution >= 4 is 5.69 Å². The predicted octanol–water partition coefficient (Wildman–Crippen LogP) is 5.59. The van der Waals surface area contributed by atoms with Gasteiger partial charge in [-0.2, -0.15) is 10.5 Å². The lowest BCUT2D eigenvalue weighted by Crippen LogP contribution is -2.11. The number of rotatable bonds is 8. The third kappa shape index (κ3) is 5.41. The molecule has 0 atom stereocenters. The molecule has 0 aliphatic rings. The van der Waals surface area contributed by atoms with Gasteiger partial charge in [0.25, 0.3) is 0 Å². The van der Waals surface area contributed by atoms with Crippen LogP contribution in [0, 0.1) is 36.5 Å². The van der Waals surface area contributed by atoms with Gasteiger partial charge < -0.3 is 10.1 Å². The number of hydrogen-bond acceptors (Lipinski definition) is 5. The summed E-state index contributed by atoms with van der Waals surface area (Å²) in [6.45, 7) is 7.21. The van der Waals surface area contributed by atoms with Gasteiger partial charge in [0.1, 0.15) is 12.4 Å². The summed E-state index contributed by atoms with van der Waals surface area (Å²) in [7, 11) is 0. The molecule has 3 rings (SSSR count). The topological polar surface area (TPSA) is 81.7 Å². The molecule has 2 aromatic carbocycles. The number of anilines is 1. The van der Waals surface area contributed by atoms with Crippen LogP contribution in [0.5, 0.6) is 5.75 Å². The minimum Gasteiger partial charge on any atom is -0.487 e. The second-order valence-electron chi connectivity index (χ2n) is 7.47. The second-order valence-corrected chi connectivity index (χ2v) is 7.47. The molecule has 0 amide bonds. The highest BCUT2D eigenvalue weighted by Crippen LogP contribution is 2.29. The van der Waals surface area contributed by atoms with Crippen LogP contribution in [-0.4, -0.2) is 4.98 Å². The molecule has 0 aliphatic carbocycles. The maximum absolute atomic E-state index is 9.11. The molecule has 31 heavy (non-hydrogen) atoms. The van der Waals surface area contributed by atoms with Crippen LogP contribution in [0.25, 0.3) is 0 Å². The van der Waals surface area contributed by atoms with Crippen molar-refractivity contribution in [2.45, 2.75) is 46.8 Å².